The van der Waals surface area contributed by atoms with Gasteiger partial charge in [-0.15, -0.1) is 0 Å². The van der Waals surface area contributed by atoms with E-state index < -0.39 is 0 Å². The third-order valence-electron chi connectivity index (χ3n) is 1.51. The van der Waals surface area contributed by atoms with E-state index >= 15 is 0 Å². The van der Waals surface area contributed by atoms with E-state index in [1.807, 2.05) is 0 Å². The molecule has 0 atom stereocenters. The van der Waals surface area contributed by atoms with Gasteiger partial charge in [0, 0.05) is 5.25 Å². The molecule has 1 rings (SSSR count). The van der Waals surface area contributed by atoms with Crippen molar-refractivity contribution in [3.05, 3.63) is 5.25 Å². The van der Waals surface area contributed by atoms with Gasteiger partial charge in [-0.3, -0.25) is 0 Å². The van der Waals surface area contributed by atoms with E-state index in [9.17, 15) is 0 Å². The second-order valence-electron chi connectivity index (χ2n) is 2.18. The predicted molar refractivity (Wildman–Crippen MR) is 39.8 cm³/mol. The fraction of sp³-hybridized carbons (Fsp3) is 0.857. The summed E-state index contributed by atoms with van der Waals surface area (Å²) in [7, 11) is 0. The van der Waals surface area contributed by atoms with Crippen LogP contribution in [0.3, 0.4) is 0 Å². The highest BCUT2D eigenvalue weighted by molar-refractivity contribution is 8.02. The van der Waals surface area contributed by atoms with Crippen molar-refractivity contribution in [2.24, 2.45) is 0 Å². The van der Waals surface area contributed by atoms with E-state index in [0.717, 1.165) is 0 Å². The third kappa shape index (κ3) is 1.70. The van der Waals surface area contributed by atoms with E-state index in [2.05, 4.69) is 18.7 Å². The van der Waals surface area contributed by atoms with Crippen molar-refractivity contribution in [1.82, 2.24) is 0 Å². The molecule has 0 aliphatic heterocycles. The van der Waals surface area contributed by atoms with Gasteiger partial charge in [-0.25, -0.2) is 0 Å². The van der Waals surface area contributed by atoms with Crippen LogP contribution >= 0.6 is 11.8 Å². The molecular weight excluding hydrogens is 116 g/mol. The Hall–Kier alpha value is 0.350. The molecular formula is C7H13S. The largest absolute Gasteiger partial charge is 0.154 e. The summed E-state index contributed by atoms with van der Waals surface area (Å²) in [6.07, 6.45) is 5.70. The van der Waals surface area contributed by atoms with Crippen molar-refractivity contribution in [2.45, 2.75) is 32.6 Å². The minimum absolute atomic E-state index is 1.27. The molecule has 0 amide bonds. The first-order chi connectivity index (χ1) is 3.93. The molecule has 0 spiro atoms. The Kier molecular flexibility index (Phi) is 2.74. The SMILES string of the molecule is CCS[C]1CCCC1. The lowest BCUT2D eigenvalue weighted by Gasteiger charge is -2.02. The second kappa shape index (κ2) is 3.39. The van der Waals surface area contributed by atoms with Crippen molar-refractivity contribution < 1.29 is 0 Å². The maximum absolute atomic E-state index is 2.23. The van der Waals surface area contributed by atoms with Gasteiger partial charge >= 0.3 is 0 Å². The third-order valence-corrected chi connectivity index (χ3v) is 2.61. The Morgan fingerprint density at radius 2 is 2.00 bits per heavy atom. The van der Waals surface area contributed by atoms with Crippen LogP contribution in [0, 0.1) is 5.25 Å². The summed E-state index contributed by atoms with van der Waals surface area (Å²) in [5, 5.41) is 1.74. The lowest BCUT2D eigenvalue weighted by molar-refractivity contribution is 0.886. The summed E-state index contributed by atoms with van der Waals surface area (Å²) in [6.45, 7) is 2.23. The van der Waals surface area contributed by atoms with Crippen LogP contribution in [-0.2, 0) is 0 Å². The van der Waals surface area contributed by atoms with E-state index in [1.54, 1.807) is 5.25 Å². The minimum atomic E-state index is 1.27. The van der Waals surface area contributed by atoms with Gasteiger partial charge in [0.05, 0.1) is 0 Å². The summed E-state index contributed by atoms with van der Waals surface area (Å²) in [5.41, 5.74) is 0. The topological polar surface area (TPSA) is 0 Å². The summed E-state index contributed by atoms with van der Waals surface area (Å²) in [4.78, 5) is 0. The molecule has 0 N–H and O–H groups in total. The van der Waals surface area contributed by atoms with Gasteiger partial charge in [-0.2, -0.15) is 11.8 Å². The number of hydrogen-bond acceptors (Lipinski definition) is 1. The minimum Gasteiger partial charge on any atom is -0.154 e. The molecule has 0 aromatic rings. The zero-order chi connectivity index (χ0) is 5.82. The van der Waals surface area contributed by atoms with Crippen LogP contribution in [0.15, 0.2) is 0 Å². The summed E-state index contributed by atoms with van der Waals surface area (Å²) >= 11 is 2.06. The molecule has 0 heterocycles. The molecule has 0 bridgehead atoms. The van der Waals surface area contributed by atoms with Crippen LogP contribution < -0.4 is 0 Å². The monoisotopic (exact) mass is 129 g/mol. The van der Waals surface area contributed by atoms with Crippen molar-refractivity contribution in [2.75, 3.05) is 5.75 Å². The van der Waals surface area contributed by atoms with Crippen LogP contribution in [-0.4, -0.2) is 5.75 Å². The smallest absolute Gasteiger partial charge is 0.0306 e. The highest BCUT2D eigenvalue weighted by Crippen LogP contribution is 2.35. The van der Waals surface area contributed by atoms with Gasteiger partial charge in [-0.05, 0) is 18.6 Å². The van der Waals surface area contributed by atoms with Crippen LogP contribution in [0.1, 0.15) is 32.6 Å². The Bertz CT molecular complexity index is 55.4. The van der Waals surface area contributed by atoms with E-state index in [-0.39, 0.29) is 0 Å². The first-order valence-corrected chi connectivity index (χ1v) is 4.39. The Balaban J connectivity index is 2.06. The van der Waals surface area contributed by atoms with Gasteiger partial charge in [0.15, 0.2) is 0 Å². The molecule has 0 nitrogen and oxygen atoms in total. The van der Waals surface area contributed by atoms with Gasteiger partial charge in [0.2, 0.25) is 0 Å². The van der Waals surface area contributed by atoms with Gasteiger partial charge in [0.25, 0.3) is 0 Å². The standard InChI is InChI=1S/C7H13S/c1-2-8-7-5-3-4-6-7/h2-6H2,1H3. The predicted octanol–water partition coefficient (Wildman–Crippen LogP) is 2.85. The Morgan fingerprint density at radius 3 is 2.50 bits per heavy atom. The molecule has 1 heteroatoms. The fourth-order valence-corrected chi connectivity index (χ4v) is 2.10. The van der Waals surface area contributed by atoms with Crippen LogP contribution in [0.2, 0.25) is 0 Å². The number of thioether (sulfide) groups is 1. The zero-order valence-electron chi connectivity index (χ0n) is 5.44. The first-order valence-electron chi connectivity index (χ1n) is 3.41. The molecule has 0 unspecified atom stereocenters. The lowest BCUT2D eigenvalue weighted by Crippen LogP contribution is -1.81. The van der Waals surface area contributed by atoms with Crippen molar-refractivity contribution in [1.29, 1.82) is 0 Å². The van der Waals surface area contributed by atoms with Gasteiger partial charge in [0.1, 0.15) is 0 Å². The summed E-state index contributed by atoms with van der Waals surface area (Å²) < 4.78 is 0. The van der Waals surface area contributed by atoms with Crippen LogP contribution in [0.4, 0.5) is 0 Å². The average Bonchev–Trinajstić information content (AvgIpc) is 2.19. The lowest BCUT2D eigenvalue weighted by atomic mass is 10.4. The maximum Gasteiger partial charge on any atom is 0.0306 e. The zero-order valence-corrected chi connectivity index (χ0v) is 6.26. The quantitative estimate of drug-likeness (QED) is 0.552. The molecule has 0 saturated heterocycles. The first kappa shape index (κ1) is 6.47. The van der Waals surface area contributed by atoms with Gasteiger partial charge < -0.3 is 0 Å². The molecule has 1 saturated carbocycles. The molecule has 1 fully saturated rings. The maximum atomic E-state index is 2.23. The molecule has 8 heavy (non-hydrogen) atoms. The number of hydrogen-bond donors (Lipinski definition) is 0. The molecule has 1 aliphatic rings. The van der Waals surface area contributed by atoms with Crippen LogP contribution in [0.25, 0.3) is 0 Å². The van der Waals surface area contributed by atoms with E-state index in [0.29, 0.717) is 0 Å². The van der Waals surface area contributed by atoms with Crippen molar-refractivity contribution >= 4 is 11.8 Å². The second-order valence-corrected chi connectivity index (χ2v) is 3.62. The summed E-state index contributed by atoms with van der Waals surface area (Å²) in [5.74, 6) is 1.27. The van der Waals surface area contributed by atoms with Gasteiger partial charge in [-0.1, -0.05) is 19.8 Å². The molecule has 1 radical (unpaired) electrons. The molecule has 47 valence electrons. The summed E-state index contributed by atoms with van der Waals surface area (Å²) in [6, 6.07) is 0. The Morgan fingerprint density at radius 1 is 1.38 bits per heavy atom. The molecule has 0 aromatic heterocycles. The van der Waals surface area contributed by atoms with E-state index in [4.69, 9.17) is 0 Å². The Labute approximate surface area is 56.0 Å². The van der Waals surface area contributed by atoms with Crippen molar-refractivity contribution in [3.63, 3.8) is 0 Å². The van der Waals surface area contributed by atoms with Crippen molar-refractivity contribution in [3.8, 4) is 0 Å². The van der Waals surface area contributed by atoms with E-state index in [1.165, 1.54) is 31.4 Å². The van der Waals surface area contributed by atoms with Crippen LogP contribution in [0.5, 0.6) is 0 Å². The fourth-order valence-electron chi connectivity index (χ4n) is 1.12. The molecule has 0 aromatic carbocycles. The highest BCUT2D eigenvalue weighted by atomic mass is 32.2. The highest BCUT2D eigenvalue weighted by Gasteiger charge is 2.14. The number of rotatable bonds is 2. The normalized spacial score (nSPS) is 22.1. The molecule has 1 aliphatic carbocycles. The average molecular weight is 129 g/mol.